The van der Waals surface area contributed by atoms with E-state index in [-0.39, 0.29) is 5.91 Å². The minimum Gasteiger partial charge on any atom is -0.466 e. The second-order valence-electron chi connectivity index (χ2n) is 4.95. The molecule has 0 N–H and O–H groups in total. The van der Waals surface area contributed by atoms with Gasteiger partial charge in [0.2, 0.25) is 0 Å². The van der Waals surface area contributed by atoms with Crippen molar-refractivity contribution in [1.82, 2.24) is 4.90 Å². The van der Waals surface area contributed by atoms with Crippen LogP contribution in [0.1, 0.15) is 47.6 Å². The van der Waals surface area contributed by atoms with E-state index in [0.717, 1.165) is 48.2 Å². The number of rotatable bonds is 5. The van der Waals surface area contributed by atoms with E-state index in [1.165, 1.54) is 6.42 Å². The van der Waals surface area contributed by atoms with Crippen LogP contribution < -0.4 is 0 Å². The summed E-state index contributed by atoms with van der Waals surface area (Å²) in [4.78, 5) is 14.6. The number of amides is 1. The first-order valence-corrected chi connectivity index (χ1v) is 7.69. The summed E-state index contributed by atoms with van der Waals surface area (Å²) in [5.41, 5.74) is 0.731. The lowest BCUT2D eigenvalue weighted by Gasteiger charge is -2.37. The molecule has 1 aliphatic carbocycles. The van der Waals surface area contributed by atoms with Crippen LogP contribution in [0.2, 0.25) is 0 Å². The maximum absolute atomic E-state index is 12.6. The van der Waals surface area contributed by atoms with Crippen LogP contribution >= 0.6 is 15.9 Å². The Morgan fingerprint density at radius 3 is 2.67 bits per heavy atom. The van der Waals surface area contributed by atoms with Gasteiger partial charge in [0.25, 0.3) is 5.91 Å². The highest BCUT2D eigenvalue weighted by atomic mass is 79.9. The topological polar surface area (TPSA) is 33.5 Å². The van der Waals surface area contributed by atoms with E-state index >= 15 is 0 Å². The number of carbonyl (C=O) groups is 1. The van der Waals surface area contributed by atoms with Crippen LogP contribution in [0.5, 0.6) is 0 Å². The van der Waals surface area contributed by atoms with Crippen molar-refractivity contribution < 1.29 is 9.21 Å². The maximum atomic E-state index is 12.6. The van der Waals surface area contributed by atoms with Gasteiger partial charge < -0.3 is 9.32 Å². The molecule has 0 radical (unpaired) electrons. The van der Waals surface area contributed by atoms with Crippen molar-refractivity contribution in [3.8, 4) is 0 Å². The van der Waals surface area contributed by atoms with Gasteiger partial charge in [-0.15, -0.1) is 0 Å². The average molecular weight is 314 g/mol. The van der Waals surface area contributed by atoms with Gasteiger partial charge in [0.1, 0.15) is 11.5 Å². The number of furan rings is 1. The first-order chi connectivity index (χ1) is 8.63. The lowest BCUT2D eigenvalue weighted by atomic mass is 9.91. The Kier molecular flexibility index (Phi) is 4.49. The Morgan fingerprint density at radius 2 is 2.22 bits per heavy atom. The predicted octanol–water partition coefficient (Wildman–Crippen LogP) is 3.68. The summed E-state index contributed by atoms with van der Waals surface area (Å²) in [6.07, 6.45) is 4.53. The summed E-state index contributed by atoms with van der Waals surface area (Å²) < 4.78 is 5.46. The third-order valence-electron chi connectivity index (χ3n) is 3.58. The fraction of sp³-hybridized carbons (Fsp3) is 0.643. The number of hydrogen-bond acceptors (Lipinski definition) is 2. The molecule has 100 valence electrons. The van der Waals surface area contributed by atoms with E-state index < -0.39 is 0 Å². The fourth-order valence-electron chi connectivity index (χ4n) is 2.38. The minimum absolute atomic E-state index is 0.134. The number of hydrogen-bond donors (Lipinski definition) is 0. The molecule has 2 rings (SSSR count). The van der Waals surface area contributed by atoms with Gasteiger partial charge in [-0.3, -0.25) is 4.79 Å². The van der Waals surface area contributed by atoms with Crippen molar-refractivity contribution in [3.63, 3.8) is 0 Å². The standard InChI is InChI=1S/C14H20BrNO2/c1-10-9-13(11(2)18-10)14(17)16(8-4-7-15)12-5-3-6-12/h9,12H,3-8H2,1-2H3. The molecule has 18 heavy (non-hydrogen) atoms. The van der Waals surface area contributed by atoms with Gasteiger partial charge in [0, 0.05) is 17.9 Å². The summed E-state index contributed by atoms with van der Waals surface area (Å²) in [5.74, 6) is 1.68. The number of nitrogens with zero attached hydrogens (tertiary/aromatic N) is 1. The van der Waals surface area contributed by atoms with Gasteiger partial charge in [0.05, 0.1) is 5.56 Å². The highest BCUT2D eigenvalue weighted by Crippen LogP contribution is 2.27. The molecule has 0 atom stereocenters. The molecule has 1 saturated carbocycles. The molecule has 1 amide bonds. The number of alkyl halides is 1. The van der Waals surface area contributed by atoms with Crippen LogP contribution in [-0.4, -0.2) is 28.7 Å². The lowest BCUT2D eigenvalue weighted by molar-refractivity contribution is 0.0579. The zero-order chi connectivity index (χ0) is 13.1. The van der Waals surface area contributed by atoms with Crippen molar-refractivity contribution in [2.24, 2.45) is 0 Å². The zero-order valence-corrected chi connectivity index (χ0v) is 12.6. The van der Waals surface area contributed by atoms with E-state index in [4.69, 9.17) is 4.42 Å². The molecule has 0 bridgehead atoms. The maximum Gasteiger partial charge on any atom is 0.257 e. The summed E-state index contributed by atoms with van der Waals surface area (Å²) >= 11 is 3.43. The molecule has 0 unspecified atom stereocenters. The minimum atomic E-state index is 0.134. The largest absolute Gasteiger partial charge is 0.466 e. The molecular formula is C14H20BrNO2. The summed E-state index contributed by atoms with van der Waals surface area (Å²) in [7, 11) is 0. The average Bonchev–Trinajstić information content (AvgIpc) is 2.60. The van der Waals surface area contributed by atoms with Gasteiger partial charge in [-0.05, 0) is 45.6 Å². The molecule has 0 saturated heterocycles. The SMILES string of the molecule is Cc1cc(C(=O)N(CCCBr)C2CCC2)c(C)o1. The summed E-state index contributed by atoms with van der Waals surface area (Å²) in [5, 5.41) is 0.937. The van der Waals surface area contributed by atoms with E-state index in [0.29, 0.717) is 6.04 Å². The Bertz CT molecular complexity index is 423. The molecule has 0 aliphatic heterocycles. The van der Waals surface area contributed by atoms with E-state index in [1.54, 1.807) is 0 Å². The second kappa shape index (κ2) is 5.91. The van der Waals surface area contributed by atoms with Gasteiger partial charge >= 0.3 is 0 Å². The van der Waals surface area contributed by atoms with Crippen molar-refractivity contribution in [2.45, 2.75) is 45.6 Å². The van der Waals surface area contributed by atoms with Gasteiger partial charge in [0.15, 0.2) is 0 Å². The molecule has 0 aromatic carbocycles. The molecule has 1 aromatic heterocycles. The Morgan fingerprint density at radius 1 is 1.50 bits per heavy atom. The lowest BCUT2D eigenvalue weighted by Crippen LogP contribution is -2.44. The quantitative estimate of drug-likeness (QED) is 0.777. The van der Waals surface area contributed by atoms with Gasteiger partial charge in [-0.1, -0.05) is 15.9 Å². The molecular weight excluding hydrogens is 294 g/mol. The Hall–Kier alpha value is -0.770. The van der Waals surface area contributed by atoms with Crippen LogP contribution in [0.3, 0.4) is 0 Å². The first-order valence-electron chi connectivity index (χ1n) is 6.57. The Balaban J connectivity index is 2.13. The van der Waals surface area contributed by atoms with Crippen molar-refractivity contribution >= 4 is 21.8 Å². The predicted molar refractivity (Wildman–Crippen MR) is 75.3 cm³/mol. The molecule has 1 heterocycles. The molecule has 3 nitrogen and oxygen atoms in total. The summed E-state index contributed by atoms with van der Waals surface area (Å²) in [6.45, 7) is 4.58. The third kappa shape index (κ3) is 2.79. The normalized spacial score (nSPS) is 15.5. The molecule has 1 fully saturated rings. The van der Waals surface area contributed by atoms with Crippen LogP contribution in [0.15, 0.2) is 10.5 Å². The third-order valence-corrected chi connectivity index (χ3v) is 4.14. The van der Waals surface area contributed by atoms with E-state index in [1.807, 2.05) is 24.8 Å². The number of aryl methyl sites for hydroxylation is 2. The van der Waals surface area contributed by atoms with Gasteiger partial charge in [-0.25, -0.2) is 0 Å². The zero-order valence-electron chi connectivity index (χ0n) is 11.0. The van der Waals surface area contributed by atoms with E-state index in [9.17, 15) is 4.79 Å². The van der Waals surface area contributed by atoms with Crippen molar-refractivity contribution in [3.05, 3.63) is 23.2 Å². The molecule has 1 aliphatic rings. The highest BCUT2D eigenvalue weighted by Gasteiger charge is 2.30. The first kappa shape index (κ1) is 13.7. The fourth-order valence-corrected chi connectivity index (χ4v) is 2.63. The molecule has 1 aromatic rings. The second-order valence-corrected chi connectivity index (χ2v) is 5.75. The molecule has 4 heteroatoms. The molecule has 0 spiro atoms. The van der Waals surface area contributed by atoms with E-state index in [2.05, 4.69) is 15.9 Å². The smallest absolute Gasteiger partial charge is 0.257 e. The van der Waals surface area contributed by atoms with Crippen LogP contribution in [0, 0.1) is 13.8 Å². The monoisotopic (exact) mass is 313 g/mol. The van der Waals surface area contributed by atoms with Crippen LogP contribution in [-0.2, 0) is 0 Å². The highest BCUT2D eigenvalue weighted by molar-refractivity contribution is 9.09. The van der Waals surface area contributed by atoms with Crippen LogP contribution in [0.25, 0.3) is 0 Å². The van der Waals surface area contributed by atoms with Gasteiger partial charge in [-0.2, -0.15) is 0 Å². The number of carbonyl (C=O) groups excluding carboxylic acids is 1. The summed E-state index contributed by atoms with van der Waals surface area (Å²) in [6, 6.07) is 2.29. The Labute approximate surface area is 117 Å². The van der Waals surface area contributed by atoms with Crippen molar-refractivity contribution in [1.29, 1.82) is 0 Å². The van der Waals surface area contributed by atoms with Crippen molar-refractivity contribution in [2.75, 3.05) is 11.9 Å². The van der Waals surface area contributed by atoms with Crippen LogP contribution in [0.4, 0.5) is 0 Å². The number of halogens is 1.